The van der Waals surface area contributed by atoms with Crippen molar-refractivity contribution in [3.05, 3.63) is 60.0 Å². The summed E-state index contributed by atoms with van der Waals surface area (Å²) < 4.78 is 9.06. The summed E-state index contributed by atoms with van der Waals surface area (Å²) in [4.78, 5) is 21.0. The predicted octanol–water partition coefficient (Wildman–Crippen LogP) is 2.87. The molecule has 0 aromatic carbocycles. The summed E-state index contributed by atoms with van der Waals surface area (Å²) in [6.07, 6.45) is 12.6. The Balaban J connectivity index is 1.39. The van der Waals surface area contributed by atoms with Crippen molar-refractivity contribution in [2.75, 3.05) is 32.8 Å². The lowest BCUT2D eigenvalue weighted by Gasteiger charge is -2.36. The van der Waals surface area contributed by atoms with Crippen LogP contribution in [-0.2, 0) is 16.6 Å². The number of hydrogen-bond donors (Lipinski definition) is 0. The number of aromatic nitrogens is 4. The van der Waals surface area contributed by atoms with E-state index in [1.807, 2.05) is 49.6 Å². The zero-order valence-electron chi connectivity index (χ0n) is 21.2. The molecule has 5 heterocycles. The summed E-state index contributed by atoms with van der Waals surface area (Å²) >= 11 is 0. The van der Waals surface area contributed by atoms with E-state index in [0.29, 0.717) is 38.3 Å². The Hall–Kier alpha value is -4.23. The Kier molecular flexibility index (Phi) is 6.88. The van der Waals surface area contributed by atoms with Gasteiger partial charge in [0, 0.05) is 68.9 Å². The average Bonchev–Trinajstić information content (AvgIpc) is 3.69. The smallest absolute Gasteiger partial charge is 0.251 e. The molecular weight excluding hydrogens is 468 g/mol. The lowest BCUT2D eigenvalue weighted by molar-refractivity contribution is -0.142. The molecule has 0 bridgehead atoms. The second-order valence-corrected chi connectivity index (χ2v) is 9.36. The van der Waals surface area contributed by atoms with Gasteiger partial charge in [-0.25, -0.2) is 9.51 Å². The minimum atomic E-state index is -0.286. The Morgan fingerprint density at radius 2 is 1.95 bits per heavy atom. The summed E-state index contributed by atoms with van der Waals surface area (Å²) in [6.45, 7) is 9.06. The molecule has 190 valence electrons. The molecule has 0 spiro atoms. The molecule has 1 amide bonds. The van der Waals surface area contributed by atoms with E-state index < -0.39 is 0 Å². The number of pyridine rings is 1. The van der Waals surface area contributed by atoms with Gasteiger partial charge in [0.2, 0.25) is 0 Å². The van der Waals surface area contributed by atoms with Crippen molar-refractivity contribution < 1.29 is 9.53 Å². The van der Waals surface area contributed by atoms with Gasteiger partial charge in [0.15, 0.2) is 0 Å². The molecule has 2 aliphatic heterocycles. The maximum absolute atomic E-state index is 12.7. The second kappa shape index (κ2) is 10.4. The van der Waals surface area contributed by atoms with Gasteiger partial charge in [-0.15, -0.1) is 0 Å². The highest BCUT2D eigenvalue weighted by atomic mass is 16.5. The zero-order valence-corrected chi connectivity index (χ0v) is 21.2. The Morgan fingerprint density at radius 3 is 2.59 bits per heavy atom. The molecule has 0 unspecified atom stereocenters. The van der Waals surface area contributed by atoms with E-state index in [1.54, 1.807) is 15.4 Å². The molecule has 10 nitrogen and oxygen atoms in total. The van der Waals surface area contributed by atoms with E-state index in [2.05, 4.69) is 38.9 Å². The number of ether oxygens (including phenoxy) is 1. The minimum Gasteiger partial charge on any atom is -0.368 e. The van der Waals surface area contributed by atoms with Crippen molar-refractivity contribution >= 4 is 23.7 Å². The van der Waals surface area contributed by atoms with Crippen molar-refractivity contribution in [3.8, 4) is 17.2 Å². The Morgan fingerprint density at radius 1 is 1.16 bits per heavy atom. The molecule has 2 aliphatic rings. The van der Waals surface area contributed by atoms with Crippen LogP contribution in [0.15, 0.2) is 53.8 Å². The van der Waals surface area contributed by atoms with Gasteiger partial charge in [-0.05, 0) is 44.2 Å². The fraction of sp³-hybridized carbons (Fsp3) is 0.370. The number of rotatable bonds is 6. The van der Waals surface area contributed by atoms with E-state index in [9.17, 15) is 10.1 Å². The van der Waals surface area contributed by atoms with Gasteiger partial charge < -0.3 is 14.5 Å². The van der Waals surface area contributed by atoms with Crippen molar-refractivity contribution in [1.29, 1.82) is 5.26 Å². The normalized spacial score (nSPS) is 18.9. The van der Waals surface area contributed by atoms with Crippen LogP contribution in [0, 0.1) is 11.3 Å². The number of aryl methyl sites for hydroxylation is 1. The number of carbonyl (C=O) groups excluding carboxylic acids is 1. The number of allylic oxidation sites excluding steroid dienone is 3. The number of amides is 1. The lowest BCUT2D eigenvalue weighted by atomic mass is 10.0. The molecule has 37 heavy (non-hydrogen) atoms. The highest BCUT2D eigenvalue weighted by Gasteiger charge is 2.30. The third-order valence-corrected chi connectivity index (χ3v) is 6.96. The molecular formula is C27H30N8O2. The van der Waals surface area contributed by atoms with Gasteiger partial charge in [-0.3, -0.25) is 9.48 Å². The number of aliphatic imine (C=N–C) groups is 1. The van der Waals surface area contributed by atoms with Gasteiger partial charge in [-0.2, -0.15) is 15.5 Å². The van der Waals surface area contributed by atoms with Crippen LogP contribution < -0.4 is 0 Å². The largest absolute Gasteiger partial charge is 0.368 e. The molecule has 5 rings (SSSR count). The molecule has 0 N–H and O–H groups in total. The number of carbonyl (C=O) groups is 1. The Labute approximate surface area is 215 Å². The second-order valence-electron chi connectivity index (χ2n) is 9.36. The minimum absolute atomic E-state index is 0.0941. The van der Waals surface area contributed by atoms with Crippen LogP contribution in [0.1, 0.15) is 30.9 Å². The fourth-order valence-corrected chi connectivity index (χ4v) is 4.91. The van der Waals surface area contributed by atoms with Crippen LogP contribution in [0.4, 0.5) is 0 Å². The van der Waals surface area contributed by atoms with Gasteiger partial charge in [0.25, 0.3) is 5.91 Å². The van der Waals surface area contributed by atoms with Crippen molar-refractivity contribution in [2.45, 2.75) is 25.9 Å². The van der Waals surface area contributed by atoms with Crippen LogP contribution in [-0.4, -0.2) is 80.7 Å². The van der Waals surface area contributed by atoms with Crippen molar-refractivity contribution in [2.24, 2.45) is 12.0 Å². The number of hydrogen-bond acceptors (Lipinski definition) is 7. The predicted molar refractivity (Wildman–Crippen MR) is 141 cm³/mol. The van der Waals surface area contributed by atoms with E-state index in [1.165, 1.54) is 0 Å². The van der Waals surface area contributed by atoms with Crippen LogP contribution in [0.25, 0.3) is 22.2 Å². The number of fused-ring (bicyclic) bond motifs is 1. The number of piperazine rings is 1. The van der Waals surface area contributed by atoms with E-state index >= 15 is 0 Å². The topological polar surface area (TPSA) is 104 Å². The number of nitrogens with zero attached hydrogens (tertiary/aromatic N) is 8. The van der Waals surface area contributed by atoms with Gasteiger partial charge in [-0.1, -0.05) is 6.08 Å². The lowest BCUT2D eigenvalue weighted by Crippen LogP contribution is -2.50. The van der Waals surface area contributed by atoms with Crippen LogP contribution in [0.2, 0.25) is 0 Å². The quantitative estimate of drug-likeness (QED) is 0.382. The van der Waals surface area contributed by atoms with Crippen LogP contribution in [0.3, 0.4) is 0 Å². The SMILES string of the molecule is C=N/C(=C\C=C(/C)c1cc(-c2cnn(C)c2)cn2ncc(C#N)c12)N1CCN(C(=O)[C@@H]2CCCO2)CC1. The standard InChI is InChI=1S/C27H30N8O2/c1-19(6-7-25(29-2)33-8-10-34(11-9-33)27(36)24-5-4-12-37-24)23-13-20(22-16-30-32(3)17-22)18-35-26(23)21(14-28)15-31-35/h6-7,13,15-18,24H,2,4-5,8-12H2,1,3H3/b19-6+,25-7+/t24-/m0/s1. The van der Waals surface area contributed by atoms with E-state index in [4.69, 9.17) is 4.74 Å². The van der Waals surface area contributed by atoms with E-state index in [-0.39, 0.29) is 12.0 Å². The molecule has 3 aromatic heterocycles. The third kappa shape index (κ3) is 4.90. The summed E-state index contributed by atoms with van der Waals surface area (Å²) in [5, 5.41) is 18.4. The third-order valence-electron chi connectivity index (χ3n) is 6.96. The first kappa shape index (κ1) is 24.5. The summed E-state index contributed by atoms with van der Waals surface area (Å²) in [5.74, 6) is 0.841. The molecule has 0 radical (unpaired) electrons. The van der Waals surface area contributed by atoms with Gasteiger partial charge >= 0.3 is 0 Å². The Bertz CT molecular complexity index is 1430. The summed E-state index contributed by atoms with van der Waals surface area (Å²) in [7, 11) is 1.88. The molecule has 2 fully saturated rings. The molecule has 0 aliphatic carbocycles. The summed E-state index contributed by atoms with van der Waals surface area (Å²) in [5.41, 5.74) is 5.05. The van der Waals surface area contributed by atoms with Crippen LogP contribution >= 0.6 is 0 Å². The van der Waals surface area contributed by atoms with Crippen LogP contribution in [0.5, 0.6) is 0 Å². The molecule has 2 saturated heterocycles. The maximum atomic E-state index is 12.7. The van der Waals surface area contributed by atoms with Crippen molar-refractivity contribution in [1.82, 2.24) is 29.2 Å². The fourth-order valence-electron chi connectivity index (χ4n) is 4.91. The maximum Gasteiger partial charge on any atom is 0.251 e. The monoisotopic (exact) mass is 498 g/mol. The average molecular weight is 499 g/mol. The van der Waals surface area contributed by atoms with E-state index in [0.717, 1.165) is 46.4 Å². The first-order chi connectivity index (χ1) is 18.0. The molecule has 1 atom stereocenters. The first-order valence-corrected chi connectivity index (χ1v) is 12.4. The molecule has 0 saturated carbocycles. The zero-order chi connectivity index (χ0) is 25.9. The van der Waals surface area contributed by atoms with Crippen molar-refractivity contribution in [3.63, 3.8) is 0 Å². The summed E-state index contributed by atoms with van der Waals surface area (Å²) in [6, 6.07) is 4.31. The molecule has 10 heteroatoms. The van der Waals surface area contributed by atoms with Gasteiger partial charge in [0.1, 0.15) is 18.0 Å². The number of nitriles is 1. The van der Waals surface area contributed by atoms with Gasteiger partial charge in [0.05, 0.1) is 23.5 Å². The first-order valence-electron chi connectivity index (χ1n) is 12.4. The molecule has 3 aromatic rings. The highest BCUT2D eigenvalue weighted by molar-refractivity contribution is 5.85. The highest BCUT2D eigenvalue weighted by Crippen LogP contribution is 2.29.